The molecule has 8 nitrogen and oxygen atoms in total. The molecule has 0 bridgehead atoms. The Labute approximate surface area is 112 Å². The van der Waals surface area contributed by atoms with Crippen LogP contribution in [0, 0.1) is 12.3 Å². The molecule has 0 aromatic carbocycles. The fraction of sp³-hybridized carbons (Fsp3) is 0.545. The van der Waals surface area contributed by atoms with Gasteiger partial charge in [-0.3, -0.25) is 0 Å². The molecule has 0 saturated heterocycles. The zero-order valence-electron chi connectivity index (χ0n) is 11.3. The van der Waals surface area contributed by atoms with E-state index in [0.717, 1.165) is 0 Å². The van der Waals surface area contributed by atoms with E-state index in [9.17, 15) is 0 Å². The van der Waals surface area contributed by atoms with Crippen molar-refractivity contribution in [3.8, 4) is 12.3 Å². The smallest absolute Gasteiger partial charge is 0.233 e. The zero-order chi connectivity index (χ0) is 14.4. The minimum atomic E-state index is -0.232. The molecule has 0 radical (unpaired) electrons. The second-order valence-corrected chi connectivity index (χ2v) is 3.97. The molecule has 0 unspecified atom stereocenters. The average Bonchev–Trinajstić information content (AvgIpc) is 2.45. The lowest BCUT2D eigenvalue weighted by Gasteiger charge is -2.21. The van der Waals surface area contributed by atoms with Crippen molar-refractivity contribution in [3.05, 3.63) is 0 Å². The van der Waals surface area contributed by atoms with Gasteiger partial charge < -0.3 is 24.9 Å². The lowest BCUT2D eigenvalue weighted by Crippen LogP contribution is -2.28. The summed E-state index contributed by atoms with van der Waals surface area (Å²) >= 11 is 0. The van der Waals surface area contributed by atoms with Crippen molar-refractivity contribution in [3.63, 3.8) is 0 Å². The molecular formula is C11H18N6O2. The number of hydrogen-bond acceptors (Lipinski definition) is 8. The van der Waals surface area contributed by atoms with Gasteiger partial charge in [0.2, 0.25) is 17.8 Å². The Kier molecular flexibility index (Phi) is 5.29. The van der Waals surface area contributed by atoms with E-state index in [4.69, 9.17) is 16.6 Å². The van der Waals surface area contributed by atoms with Crippen LogP contribution in [-0.4, -0.2) is 66.3 Å². The summed E-state index contributed by atoms with van der Waals surface area (Å²) in [6.07, 6.45) is 5.25. The van der Waals surface area contributed by atoms with Crippen molar-refractivity contribution in [2.75, 3.05) is 55.8 Å². The molecule has 0 aliphatic carbocycles. The van der Waals surface area contributed by atoms with E-state index < -0.39 is 0 Å². The van der Waals surface area contributed by atoms with Crippen LogP contribution in [-0.2, 0) is 0 Å². The van der Waals surface area contributed by atoms with Gasteiger partial charge >= 0.3 is 0 Å². The van der Waals surface area contributed by atoms with Crippen molar-refractivity contribution < 1.29 is 10.2 Å². The van der Waals surface area contributed by atoms with Gasteiger partial charge in [0, 0.05) is 21.1 Å². The fourth-order valence-electron chi connectivity index (χ4n) is 1.19. The predicted octanol–water partition coefficient (Wildman–Crippen LogP) is -1.29. The maximum atomic E-state index is 9.12. The van der Waals surface area contributed by atoms with Crippen LogP contribution < -0.4 is 14.7 Å². The van der Waals surface area contributed by atoms with Crippen LogP contribution in [0.3, 0.4) is 0 Å². The Balaban J connectivity index is 3.20. The lowest BCUT2D eigenvalue weighted by atomic mass is 10.6. The van der Waals surface area contributed by atoms with Crippen LogP contribution >= 0.6 is 0 Å². The van der Waals surface area contributed by atoms with Gasteiger partial charge in [0.1, 0.15) is 13.5 Å². The Hall–Kier alpha value is -2.11. The topological polar surface area (TPSA) is 88.9 Å². The number of nitrogens with zero attached hydrogens (tertiary/aromatic N) is 6. The average molecular weight is 266 g/mol. The third kappa shape index (κ3) is 3.67. The van der Waals surface area contributed by atoms with Crippen molar-refractivity contribution in [1.82, 2.24) is 15.0 Å². The van der Waals surface area contributed by atoms with E-state index in [1.54, 1.807) is 26.0 Å². The number of hydrogen-bond donors (Lipinski definition) is 2. The maximum Gasteiger partial charge on any atom is 0.233 e. The first-order valence-electron chi connectivity index (χ1n) is 5.58. The molecule has 19 heavy (non-hydrogen) atoms. The molecule has 1 heterocycles. The standard InChI is InChI=1S/C11H18N6O2/c1-5-6-15(2)9-12-10(16(3)7-18)14-11(13-9)17(4)8-19/h1,18-19H,6-8H2,2-4H3. The third-order valence-electron chi connectivity index (χ3n) is 2.38. The number of terminal acetylenes is 1. The lowest BCUT2D eigenvalue weighted by molar-refractivity contribution is 0.294. The van der Waals surface area contributed by atoms with Crippen molar-refractivity contribution in [1.29, 1.82) is 0 Å². The van der Waals surface area contributed by atoms with E-state index in [-0.39, 0.29) is 13.5 Å². The summed E-state index contributed by atoms with van der Waals surface area (Å²) in [6.45, 7) is -0.121. The monoisotopic (exact) mass is 266 g/mol. The van der Waals surface area contributed by atoms with Gasteiger partial charge in [-0.05, 0) is 0 Å². The van der Waals surface area contributed by atoms with E-state index in [2.05, 4.69) is 20.9 Å². The van der Waals surface area contributed by atoms with E-state index in [1.807, 2.05) is 0 Å². The van der Waals surface area contributed by atoms with E-state index in [1.165, 1.54) is 9.80 Å². The van der Waals surface area contributed by atoms with Crippen LogP contribution in [0.1, 0.15) is 0 Å². The summed E-state index contributed by atoms with van der Waals surface area (Å²) in [7, 11) is 5.03. The Morgan fingerprint density at radius 1 is 0.895 bits per heavy atom. The summed E-state index contributed by atoms with van der Waals surface area (Å²) in [6, 6.07) is 0. The molecule has 8 heteroatoms. The first-order chi connectivity index (χ1) is 9.03. The molecule has 0 atom stereocenters. The second kappa shape index (κ2) is 6.72. The highest BCUT2D eigenvalue weighted by Crippen LogP contribution is 2.16. The van der Waals surface area contributed by atoms with Crippen LogP contribution in [0.25, 0.3) is 0 Å². The largest absolute Gasteiger partial charge is 0.376 e. The third-order valence-corrected chi connectivity index (χ3v) is 2.38. The van der Waals surface area contributed by atoms with Gasteiger partial charge in [0.15, 0.2) is 0 Å². The highest BCUT2D eigenvalue weighted by Gasteiger charge is 2.14. The highest BCUT2D eigenvalue weighted by molar-refractivity contribution is 5.45. The van der Waals surface area contributed by atoms with Crippen LogP contribution in [0.5, 0.6) is 0 Å². The molecule has 104 valence electrons. The van der Waals surface area contributed by atoms with Crippen molar-refractivity contribution >= 4 is 17.8 Å². The molecule has 1 aromatic rings. The Morgan fingerprint density at radius 3 is 1.58 bits per heavy atom. The molecule has 0 amide bonds. The number of aromatic nitrogens is 3. The van der Waals surface area contributed by atoms with Gasteiger partial charge in [-0.2, -0.15) is 15.0 Å². The minimum Gasteiger partial charge on any atom is -0.376 e. The molecular weight excluding hydrogens is 248 g/mol. The predicted molar refractivity (Wildman–Crippen MR) is 72.9 cm³/mol. The van der Waals surface area contributed by atoms with Gasteiger partial charge in [-0.15, -0.1) is 6.42 Å². The summed E-state index contributed by atoms with van der Waals surface area (Å²) < 4.78 is 0. The minimum absolute atomic E-state index is 0.232. The normalized spacial score (nSPS) is 9.89. The van der Waals surface area contributed by atoms with Crippen LogP contribution in [0.15, 0.2) is 0 Å². The first-order valence-corrected chi connectivity index (χ1v) is 5.58. The molecule has 2 N–H and O–H groups in total. The van der Waals surface area contributed by atoms with Crippen molar-refractivity contribution in [2.45, 2.75) is 0 Å². The molecule has 0 aliphatic rings. The second-order valence-electron chi connectivity index (χ2n) is 3.97. The van der Waals surface area contributed by atoms with Gasteiger partial charge in [-0.1, -0.05) is 5.92 Å². The maximum absolute atomic E-state index is 9.12. The van der Waals surface area contributed by atoms with Crippen molar-refractivity contribution in [2.24, 2.45) is 0 Å². The van der Waals surface area contributed by atoms with E-state index in [0.29, 0.717) is 24.4 Å². The number of anilines is 3. The van der Waals surface area contributed by atoms with Gasteiger partial charge in [0.25, 0.3) is 0 Å². The first kappa shape index (κ1) is 14.9. The summed E-state index contributed by atoms with van der Waals surface area (Å²) in [5.74, 6) is 3.46. The SMILES string of the molecule is C#CCN(C)c1nc(N(C)CO)nc(N(C)CO)n1. The quantitative estimate of drug-likeness (QED) is 0.486. The van der Waals surface area contributed by atoms with Gasteiger partial charge in [0.05, 0.1) is 6.54 Å². The molecule has 1 aromatic heterocycles. The Bertz CT molecular complexity index is 433. The van der Waals surface area contributed by atoms with Crippen LogP contribution in [0.2, 0.25) is 0 Å². The summed E-state index contributed by atoms with van der Waals surface area (Å²) in [5, 5.41) is 18.2. The summed E-state index contributed by atoms with van der Waals surface area (Å²) in [4.78, 5) is 17.1. The molecule has 0 saturated carbocycles. The number of rotatable bonds is 6. The highest BCUT2D eigenvalue weighted by atomic mass is 16.3. The molecule has 0 fully saturated rings. The zero-order valence-corrected chi connectivity index (χ0v) is 11.3. The molecule has 1 rings (SSSR count). The van der Waals surface area contributed by atoms with E-state index >= 15 is 0 Å². The number of aliphatic hydroxyl groups is 2. The number of aliphatic hydroxyl groups excluding tert-OH is 2. The van der Waals surface area contributed by atoms with Gasteiger partial charge in [-0.25, -0.2) is 0 Å². The fourth-order valence-corrected chi connectivity index (χ4v) is 1.19. The summed E-state index contributed by atoms with van der Waals surface area (Å²) in [5.41, 5.74) is 0. The molecule has 0 spiro atoms. The Morgan fingerprint density at radius 2 is 1.26 bits per heavy atom. The molecule has 0 aliphatic heterocycles. The van der Waals surface area contributed by atoms with Crippen LogP contribution in [0.4, 0.5) is 17.8 Å².